The Balaban J connectivity index is 2.08. The van der Waals surface area contributed by atoms with E-state index in [1.807, 2.05) is 0 Å². The van der Waals surface area contributed by atoms with Gasteiger partial charge in [-0.3, -0.25) is 0 Å². The van der Waals surface area contributed by atoms with E-state index in [2.05, 4.69) is 176 Å². The smallest absolute Gasteiger partial charge is 0.192 e. The Kier molecular flexibility index (Phi) is 22.4. The summed E-state index contributed by atoms with van der Waals surface area (Å²) < 4.78 is 36.5. The Labute approximate surface area is 436 Å². The lowest BCUT2D eigenvalue weighted by Crippen LogP contribution is -2.54. The first-order valence-corrected chi connectivity index (χ1v) is 43.3. The quantitative estimate of drug-likeness (QED) is 0.0808. The van der Waals surface area contributed by atoms with Gasteiger partial charge in [-0.05, 0) is 212 Å². The van der Waals surface area contributed by atoms with Crippen LogP contribution in [0.3, 0.4) is 0 Å². The van der Waals surface area contributed by atoms with Crippen molar-refractivity contribution in [2.24, 2.45) is 23.2 Å². The van der Waals surface area contributed by atoms with E-state index in [1.165, 1.54) is 98.8 Å². The van der Waals surface area contributed by atoms with E-state index < -0.39 is 41.6 Å². The lowest BCUT2D eigenvalue weighted by molar-refractivity contribution is -0.0376. The Morgan fingerprint density at radius 1 is 0.681 bits per heavy atom. The summed E-state index contributed by atoms with van der Waals surface area (Å²) in [7, 11) is -9.50. The van der Waals surface area contributed by atoms with Crippen molar-refractivity contribution < 1.29 is 22.1 Å². The van der Waals surface area contributed by atoms with Crippen molar-refractivity contribution in [1.82, 2.24) is 0 Å². The summed E-state index contributed by atoms with van der Waals surface area (Å²) in [6.45, 7) is 62.2. The van der Waals surface area contributed by atoms with Crippen LogP contribution in [-0.2, 0) is 22.1 Å². The predicted octanol–water partition coefficient (Wildman–Crippen LogP) is 19.6. The van der Waals surface area contributed by atoms with Gasteiger partial charge in [-0.25, -0.2) is 0 Å². The molecule has 10 heteroatoms. The molecule has 0 aliphatic heterocycles. The molecule has 0 spiro atoms. The molecule has 0 heterocycles. The summed E-state index contributed by atoms with van der Waals surface area (Å²) in [6.07, 6.45) is 19.5. The summed E-state index contributed by atoms with van der Waals surface area (Å²) in [5.74, 6) is 1.96. The van der Waals surface area contributed by atoms with Crippen molar-refractivity contribution in [3.63, 3.8) is 0 Å². The Bertz CT molecular complexity index is 1670. The van der Waals surface area contributed by atoms with Gasteiger partial charge in [0.15, 0.2) is 41.6 Å². The van der Waals surface area contributed by atoms with Gasteiger partial charge >= 0.3 is 0 Å². The third-order valence-electron chi connectivity index (χ3n) is 19.6. The fourth-order valence-electron chi connectivity index (χ4n) is 12.8. The highest BCUT2D eigenvalue weighted by atomic mass is 28.4. The first-order chi connectivity index (χ1) is 31.4. The van der Waals surface area contributed by atoms with Gasteiger partial charge in [0.05, 0.1) is 29.5 Å². The fraction of sp³-hybridized carbons (Fsp3) is 0.898. The summed E-state index contributed by atoms with van der Waals surface area (Å²) >= 11 is 0. The topological polar surface area (TPSA) is 46.2 Å². The second-order valence-corrected chi connectivity index (χ2v) is 51.7. The second kappa shape index (κ2) is 24.4. The van der Waals surface area contributed by atoms with Gasteiger partial charge in [0.25, 0.3) is 0 Å². The molecule has 3 saturated carbocycles. The molecule has 3 rings (SSSR count). The molecule has 0 bridgehead atoms. The van der Waals surface area contributed by atoms with Crippen LogP contribution in [0.4, 0.5) is 0 Å². The van der Waals surface area contributed by atoms with Crippen molar-refractivity contribution in [2.45, 2.75) is 316 Å². The SMILES string of the molecule is C=C1/C(=C\C=C2/CCC[C@@]3(C)[C@@H]2CC[C@@H]3[C@@H](CCCC(C)(C)O[Si](C)(C)C)CC[C@@H](O[Si](CC)(CC)CC)C(C)(C)O[Si](CC)(CC)CC)C[C@@H](O[Si](C)(C)C(C)(C)C)C[C@@H]1O[Si](C)(C)C(C)(C)C. The standard InChI is InChI=1S/C59H118O5Si5/c1-26-68(27-2,28-3)62-54(58(16,17)64-69(29-4,30-5)31-6)41-38-48(34-32-42-57(14,15)63-65(19,20)21)52-40-39-51-47(35-33-43-59(51,52)18)36-37-49-44-50(60-66(22,23)55(8,9)10)45-53(46(49)7)61-67(24,25)56(11,12)13/h36-37,48,50-54H,7,26-35,38-45H2,1-6,8-25H3/b47-36+,49-37-/t48-,50+,51+,52+,53-,54+,59-/m0/s1. The zero-order valence-corrected chi connectivity index (χ0v) is 55.6. The van der Waals surface area contributed by atoms with E-state index in [9.17, 15) is 0 Å². The fourth-order valence-corrected chi connectivity index (χ4v) is 23.5. The van der Waals surface area contributed by atoms with Crippen LogP contribution in [0.1, 0.15) is 195 Å². The van der Waals surface area contributed by atoms with Crippen molar-refractivity contribution in [1.29, 1.82) is 0 Å². The van der Waals surface area contributed by atoms with E-state index in [0.29, 0.717) is 17.8 Å². The molecule has 69 heavy (non-hydrogen) atoms. The van der Waals surface area contributed by atoms with Crippen LogP contribution in [0.25, 0.3) is 0 Å². The van der Waals surface area contributed by atoms with Crippen molar-refractivity contribution in [2.75, 3.05) is 0 Å². The number of fused-ring (bicyclic) bond motifs is 1. The van der Waals surface area contributed by atoms with Gasteiger partial charge in [-0.15, -0.1) is 0 Å². The molecule has 0 aromatic carbocycles. The number of allylic oxidation sites excluding steroid dienone is 3. The molecule has 3 aliphatic carbocycles. The lowest BCUT2D eigenvalue weighted by Gasteiger charge is -2.48. The molecule has 5 nitrogen and oxygen atoms in total. The Morgan fingerprint density at radius 2 is 1.22 bits per heavy atom. The minimum Gasteiger partial charge on any atom is -0.413 e. The highest BCUT2D eigenvalue weighted by molar-refractivity contribution is 6.75. The molecule has 7 atom stereocenters. The second-order valence-electron chi connectivity index (χ2n) is 28.4. The van der Waals surface area contributed by atoms with Crippen LogP contribution in [0.5, 0.6) is 0 Å². The zero-order valence-electron chi connectivity index (χ0n) is 50.6. The van der Waals surface area contributed by atoms with Crippen LogP contribution in [0.15, 0.2) is 35.5 Å². The molecule has 0 aromatic rings. The van der Waals surface area contributed by atoms with Crippen LogP contribution >= 0.6 is 0 Å². The molecule has 0 amide bonds. The van der Waals surface area contributed by atoms with Crippen LogP contribution in [0.2, 0.25) is 92.2 Å². The average molecular weight is 1050 g/mol. The summed E-state index contributed by atoms with van der Waals surface area (Å²) in [5.41, 5.74) is 4.11. The largest absolute Gasteiger partial charge is 0.413 e. The molecule has 3 aliphatic rings. The summed E-state index contributed by atoms with van der Waals surface area (Å²) in [4.78, 5) is 0. The minimum absolute atomic E-state index is 0.00101. The molecule has 0 aromatic heterocycles. The number of hydrogen-bond donors (Lipinski definition) is 0. The molecule has 0 saturated heterocycles. The van der Waals surface area contributed by atoms with E-state index in [4.69, 9.17) is 28.7 Å². The van der Waals surface area contributed by atoms with Gasteiger partial charge in [0, 0.05) is 6.42 Å². The van der Waals surface area contributed by atoms with Gasteiger partial charge in [-0.1, -0.05) is 127 Å². The average Bonchev–Trinajstić information content (AvgIpc) is 3.58. The Hall–Kier alpha value is 0.104. The predicted molar refractivity (Wildman–Crippen MR) is 316 cm³/mol. The monoisotopic (exact) mass is 1050 g/mol. The molecule has 0 unspecified atom stereocenters. The van der Waals surface area contributed by atoms with Gasteiger partial charge < -0.3 is 22.1 Å². The highest BCUT2D eigenvalue weighted by Crippen LogP contribution is 2.61. The first kappa shape index (κ1) is 63.4. The van der Waals surface area contributed by atoms with E-state index >= 15 is 0 Å². The molecule has 404 valence electrons. The molecular weight excluding hydrogens is 929 g/mol. The van der Waals surface area contributed by atoms with Crippen molar-refractivity contribution in [3.05, 3.63) is 35.5 Å². The molecule has 3 fully saturated rings. The van der Waals surface area contributed by atoms with Crippen molar-refractivity contribution >= 4 is 41.6 Å². The highest BCUT2D eigenvalue weighted by Gasteiger charge is 2.52. The first-order valence-electron chi connectivity index (χ1n) is 29.0. The van der Waals surface area contributed by atoms with Crippen LogP contribution < -0.4 is 0 Å². The zero-order chi connectivity index (χ0) is 52.9. The third kappa shape index (κ3) is 16.5. The van der Waals surface area contributed by atoms with Gasteiger partial charge in [0.1, 0.15) is 0 Å². The molecule has 0 N–H and O–H groups in total. The lowest BCUT2D eigenvalue weighted by atomic mass is 9.60. The number of hydrogen-bond acceptors (Lipinski definition) is 5. The van der Waals surface area contributed by atoms with E-state index in [0.717, 1.165) is 25.7 Å². The maximum atomic E-state index is 7.69. The van der Waals surface area contributed by atoms with Crippen molar-refractivity contribution in [3.8, 4) is 0 Å². The van der Waals surface area contributed by atoms with Gasteiger partial charge in [0.2, 0.25) is 0 Å². The Morgan fingerprint density at radius 3 is 1.72 bits per heavy atom. The van der Waals surface area contributed by atoms with Crippen LogP contribution in [-0.4, -0.2) is 71.1 Å². The maximum absolute atomic E-state index is 7.69. The van der Waals surface area contributed by atoms with Crippen LogP contribution in [0, 0.1) is 23.2 Å². The normalized spacial score (nSPS) is 26.2. The van der Waals surface area contributed by atoms with Gasteiger partial charge in [-0.2, -0.15) is 0 Å². The number of rotatable bonds is 26. The third-order valence-corrected chi connectivity index (χ3v) is 39.3. The molecule has 0 radical (unpaired) electrons. The van der Waals surface area contributed by atoms with E-state index in [1.54, 1.807) is 5.57 Å². The summed E-state index contributed by atoms with van der Waals surface area (Å²) in [5, 5.41) is 0.285. The van der Waals surface area contributed by atoms with E-state index in [-0.39, 0.29) is 45.0 Å². The minimum atomic E-state index is -2.04. The summed E-state index contributed by atoms with van der Waals surface area (Å²) in [6, 6.07) is 7.04. The molecular formula is C59H118O5Si5. The maximum Gasteiger partial charge on any atom is 0.192 e.